The third-order valence-corrected chi connectivity index (χ3v) is 7.23. The topological polar surface area (TPSA) is 136 Å². The van der Waals surface area contributed by atoms with Gasteiger partial charge in [-0.1, -0.05) is 17.8 Å². The maximum absolute atomic E-state index is 12.9. The van der Waals surface area contributed by atoms with Crippen LogP contribution in [0.2, 0.25) is 0 Å². The SMILES string of the molecule is O=C(CSc1nc2ccc(N3C(=O)c4cccc([N+](=O)[O-])c4C3=O)cc2s1)NCc1ccco1. The van der Waals surface area contributed by atoms with Gasteiger partial charge >= 0.3 is 0 Å². The number of carbonyl (C=O) groups excluding carboxylic acids is 3. The molecule has 0 fully saturated rings. The molecule has 0 atom stereocenters. The molecule has 0 saturated heterocycles. The van der Waals surface area contributed by atoms with Crippen LogP contribution >= 0.6 is 23.1 Å². The number of thioether (sulfide) groups is 1. The molecule has 1 N–H and O–H groups in total. The Morgan fingerprint density at radius 1 is 1.18 bits per heavy atom. The zero-order chi connectivity index (χ0) is 23.8. The summed E-state index contributed by atoms with van der Waals surface area (Å²) in [5, 5.41) is 14.1. The van der Waals surface area contributed by atoms with Crippen LogP contribution in [0.3, 0.4) is 0 Å². The highest BCUT2D eigenvalue weighted by Crippen LogP contribution is 2.37. The lowest BCUT2D eigenvalue weighted by Crippen LogP contribution is -2.29. The monoisotopic (exact) mass is 494 g/mol. The van der Waals surface area contributed by atoms with Crippen molar-refractivity contribution in [3.63, 3.8) is 0 Å². The van der Waals surface area contributed by atoms with Crippen molar-refractivity contribution in [1.29, 1.82) is 0 Å². The van der Waals surface area contributed by atoms with Crippen molar-refractivity contribution in [2.24, 2.45) is 0 Å². The molecule has 2 aromatic carbocycles. The number of nitro groups is 1. The molecule has 2 aromatic heterocycles. The molecule has 170 valence electrons. The molecule has 4 aromatic rings. The number of fused-ring (bicyclic) bond motifs is 2. The summed E-state index contributed by atoms with van der Waals surface area (Å²) in [5.41, 5.74) is 0.333. The van der Waals surface area contributed by atoms with Crippen molar-refractivity contribution < 1.29 is 23.7 Å². The fourth-order valence-corrected chi connectivity index (χ4v) is 5.46. The molecule has 3 heterocycles. The number of hydrogen-bond acceptors (Lipinski definition) is 9. The predicted octanol–water partition coefficient (Wildman–Crippen LogP) is 4.01. The van der Waals surface area contributed by atoms with Gasteiger partial charge in [0.25, 0.3) is 17.5 Å². The lowest BCUT2D eigenvalue weighted by molar-refractivity contribution is -0.385. The van der Waals surface area contributed by atoms with E-state index in [1.54, 1.807) is 30.3 Å². The first-order valence-electron chi connectivity index (χ1n) is 9.91. The second-order valence-electron chi connectivity index (χ2n) is 7.18. The molecule has 0 bridgehead atoms. The molecule has 3 amide bonds. The molecular formula is C22H14N4O6S2. The largest absolute Gasteiger partial charge is 0.467 e. The number of benzene rings is 2. The molecule has 0 radical (unpaired) electrons. The number of amides is 3. The lowest BCUT2D eigenvalue weighted by atomic mass is 10.1. The van der Waals surface area contributed by atoms with Crippen LogP contribution < -0.4 is 10.2 Å². The number of anilines is 1. The van der Waals surface area contributed by atoms with Gasteiger partial charge in [-0.05, 0) is 36.4 Å². The highest BCUT2D eigenvalue weighted by molar-refractivity contribution is 8.01. The van der Waals surface area contributed by atoms with E-state index in [-0.39, 0.29) is 22.8 Å². The zero-order valence-electron chi connectivity index (χ0n) is 17.2. The molecule has 1 aliphatic heterocycles. The number of furan rings is 1. The summed E-state index contributed by atoms with van der Waals surface area (Å²) in [5.74, 6) is -0.706. The number of nitro benzene ring substituents is 1. The highest BCUT2D eigenvalue weighted by Gasteiger charge is 2.41. The minimum atomic E-state index is -0.737. The molecule has 34 heavy (non-hydrogen) atoms. The number of nitrogens with zero attached hydrogens (tertiary/aromatic N) is 3. The van der Waals surface area contributed by atoms with Crippen molar-refractivity contribution in [3.05, 3.63) is 81.8 Å². The first-order valence-corrected chi connectivity index (χ1v) is 11.7. The van der Waals surface area contributed by atoms with Crippen LogP contribution in [0.25, 0.3) is 10.2 Å². The lowest BCUT2D eigenvalue weighted by Gasteiger charge is -2.13. The van der Waals surface area contributed by atoms with E-state index in [0.717, 1.165) is 4.90 Å². The molecule has 0 unspecified atom stereocenters. The summed E-state index contributed by atoms with van der Waals surface area (Å²) >= 11 is 2.59. The van der Waals surface area contributed by atoms with Gasteiger partial charge in [-0.15, -0.1) is 11.3 Å². The second kappa shape index (κ2) is 8.72. The zero-order valence-corrected chi connectivity index (χ0v) is 18.9. The van der Waals surface area contributed by atoms with Crippen LogP contribution in [0, 0.1) is 10.1 Å². The Hall–Kier alpha value is -4.03. The quantitative estimate of drug-likeness (QED) is 0.176. The van der Waals surface area contributed by atoms with E-state index in [4.69, 9.17) is 4.42 Å². The van der Waals surface area contributed by atoms with Gasteiger partial charge in [0.15, 0.2) is 4.34 Å². The third-order valence-electron chi connectivity index (χ3n) is 5.07. The number of rotatable bonds is 7. The predicted molar refractivity (Wildman–Crippen MR) is 125 cm³/mol. The molecule has 1 aliphatic rings. The van der Waals surface area contributed by atoms with Crippen LogP contribution in [0.15, 0.2) is 63.6 Å². The minimum absolute atomic E-state index is 0.000377. The van der Waals surface area contributed by atoms with Crippen LogP contribution in [0.4, 0.5) is 11.4 Å². The van der Waals surface area contributed by atoms with Gasteiger partial charge in [-0.25, -0.2) is 9.88 Å². The average molecular weight is 495 g/mol. The van der Waals surface area contributed by atoms with E-state index in [9.17, 15) is 24.5 Å². The molecule has 5 rings (SSSR count). The van der Waals surface area contributed by atoms with E-state index in [0.29, 0.717) is 32.5 Å². The molecule has 0 spiro atoms. The van der Waals surface area contributed by atoms with Crippen LogP contribution in [0.1, 0.15) is 26.5 Å². The van der Waals surface area contributed by atoms with E-state index >= 15 is 0 Å². The Morgan fingerprint density at radius 2 is 2.03 bits per heavy atom. The van der Waals surface area contributed by atoms with Gasteiger partial charge in [0.05, 0.1) is 45.0 Å². The smallest absolute Gasteiger partial charge is 0.283 e. The van der Waals surface area contributed by atoms with Crippen molar-refractivity contribution in [2.45, 2.75) is 10.9 Å². The first kappa shape index (κ1) is 21.8. The fraction of sp³-hybridized carbons (Fsp3) is 0.0909. The Balaban J connectivity index is 1.32. The van der Waals surface area contributed by atoms with E-state index in [1.807, 2.05) is 0 Å². The summed E-state index contributed by atoms with van der Waals surface area (Å²) in [6.45, 7) is 0.300. The highest BCUT2D eigenvalue weighted by atomic mass is 32.2. The molecule has 10 nitrogen and oxygen atoms in total. The standard InChI is InChI=1S/C22H14N4O6S2/c27-18(23-10-13-3-2-8-32-13)11-33-22-24-15-7-6-12(9-17(15)34-22)25-20(28)14-4-1-5-16(26(30)31)19(14)21(25)29/h1-9H,10-11H2,(H,23,27). The number of thiazole rings is 1. The summed E-state index contributed by atoms with van der Waals surface area (Å²) in [7, 11) is 0. The van der Waals surface area contributed by atoms with Crippen LogP contribution in [0.5, 0.6) is 0 Å². The normalized spacial score (nSPS) is 12.9. The summed E-state index contributed by atoms with van der Waals surface area (Å²) in [6.07, 6.45) is 1.54. The maximum Gasteiger partial charge on any atom is 0.283 e. The average Bonchev–Trinajstić information content (AvgIpc) is 3.54. The van der Waals surface area contributed by atoms with Gasteiger partial charge in [0.2, 0.25) is 5.91 Å². The second-order valence-corrected chi connectivity index (χ2v) is 9.43. The number of hydrogen-bond donors (Lipinski definition) is 1. The van der Waals surface area contributed by atoms with Crippen LogP contribution in [-0.4, -0.2) is 33.4 Å². The summed E-state index contributed by atoms with van der Waals surface area (Å²) in [6, 6.07) is 12.4. The van der Waals surface area contributed by atoms with Gasteiger partial charge in [0, 0.05) is 6.07 Å². The van der Waals surface area contributed by atoms with E-state index in [2.05, 4.69) is 10.3 Å². The molecular weight excluding hydrogens is 480 g/mol. The van der Waals surface area contributed by atoms with Crippen molar-refractivity contribution in [1.82, 2.24) is 10.3 Å². The number of carbonyl (C=O) groups is 3. The Kier molecular flexibility index (Phi) is 5.59. The van der Waals surface area contributed by atoms with Gasteiger partial charge < -0.3 is 9.73 Å². The fourth-order valence-electron chi connectivity index (χ4n) is 3.52. The van der Waals surface area contributed by atoms with Gasteiger partial charge in [-0.3, -0.25) is 24.5 Å². The maximum atomic E-state index is 12.9. The molecule has 0 aliphatic carbocycles. The van der Waals surface area contributed by atoms with Gasteiger partial charge in [0.1, 0.15) is 11.3 Å². The van der Waals surface area contributed by atoms with Crippen molar-refractivity contribution >= 4 is 62.4 Å². The van der Waals surface area contributed by atoms with Gasteiger partial charge in [-0.2, -0.15) is 0 Å². The Morgan fingerprint density at radius 3 is 2.79 bits per heavy atom. The Labute approximate surface area is 199 Å². The van der Waals surface area contributed by atoms with E-state index < -0.39 is 22.4 Å². The third kappa shape index (κ3) is 3.93. The van der Waals surface area contributed by atoms with Crippen LogP contribution in [-0.2, 0) is 11.3 Å². The first-order chi connectivity index (χ1) is 16.4. The summed E-state index contributed by atoms with van der Waals surface area (Å²) in [4.78, 5) is 54.0. The van der Waals surface area contributed by atoms with E-state index in [1.165, 1.54) is 47.6 Å². The molecule has 0 saturated carbocycles. The van der Waals surface area contributed by atoms with Crippen molar-refractivity contribution in [2.75, 3.05) is 10.7 Å². The van der Waals surface area contributed by atoms with Crippen molar-refractivity contribution in [3.8, 4) is 0 Å². The number of aromatic nitrogens is 1. The Bertz CT molecular complexity index is 1460. The molecule has 12 heteroatoms. The number of nitrogens with one attached hydrogen (secondary N) is 1. The minimum Gasteiger partial charge on any atom is -0.467 e. The number of imide groups is 1. The summed E-state index contributed by atoms with van der Waals surface area (Å²) < 4.78 is 6.54.